The molecule has 0 bridgehead atoms. The van der Waals surface area contributed by atoms with Crippen molar-refractivity contribution >= 4 is 52.5 Å². The van der Waals surface area contributed by atoms with Gasteiger partial charge in [-0.2, -0.15) is 17.7 Å². The molecule has 390 valence electrons. The summed E-state index contributed by atoms with van der Waals surface area (Å²) in [5.74, 6) is -4.40. The van der Waals surface area contributed by atoms with Crippen LogP contribution in [-0.4, -0.2) is 102 Å². The van der Waals surface area contributed by atoms with E-state index in [1.165, 1.54) is 33.7 Å². The van der Waals surface area contributed by atoms with Crippen LogP contribution in [0.4, 0.5) is 24.5 Å². The number of anilines is 1. The summed E-state index contributed by atoms with van der Waals surface area (Å²) in [6.07, 6.45) is 4.30. The highest BCUT2D eigenvalue weighted by Crippen LogP contribution is 2.52. The maximum atomic E-state index is 13.6. The summed E-state index contributed by atoms with van der Waals surface area (Å²) in [5.41, 5.74) is 5.31. The Morgan fingerprint density at radius 1 is 0.753 bits per heavy atom. The number of carbonyl (C=O) groups excluding carboxylic acids is 6. The third kappa shape index (κ3) is 12.7. The molecule has 0 saturated heterocycles. The number of hydrogen-bond acceptors (Lipinski definition) is 10. The van der Waals surface area contributed by atoms with Gasteiger partial charge in [-0.15, -0.1) is 10.2 Å². The molecule has 0 unspecified atom stereocenters. The zero-order chi connectivity index (χ0) is 53.3. The number of halogens is 3. The van der Waals surface area contributed by atoms with Crippen LogP contribution in [0.5, 0.6) is 0 Å². The van der Waals surface area contributed by atoms with Gasteiger partial charge in [0.15, 0.2) is 5.71 Å². The number of hydroxylamine groups is 1. The number of nitrogens with one attached hydrogen (secondary N) is 6. The van der Waals surface area contributed by atoms with Crippen molar-refractivity contribution in [2.75, 3.05) is 38.1 Å². The van der Waals surface area contributed by atoms with E-state index in [-0.39, 0.29) is 46.7 Å². The van der Waals surface area contributed by atoms with Gasteiger partial charge in [0, 0.05) is 65.1 Å². The lowest BCUT2D eigenvalue weighted by atomic mass is 9.81. The minimum atomic E-state index is -4.76. The van der Waals surface area contributed by atoms with Crippen molar-refractivity contribution in [3.05, 3.63) is 119 Å². The molecule has 7 N–H and O–H groups in total. The number of amides is 6. The number of para-hydroxylation sites is 2. The molecule has 0 aliphatic carbocycles. The summed E-state index contributed by atoms with van der Waals surface area (Å²) >= 11 is 0. The summed E-state index contributed by atoms with van der Waals surface area (Å²) < 4.78 is 42.9. The summed E-state index contributed by atoms with van der Waals surface area (Å²) in [5, 5.41) is 28.0. The largest absolute Gasteiger partial charge is 0.442 e. The predicted molar refractivity (Wildman–Crippen MR) is 268 cm³/mol. The molecule has 3 heterocycles. The van der Waals surface area contributed by atoms with E-state index in [4.69, 9.17) is 5.21 Å². The fourth-order valence-electron chi connectivity index (χ4n) is 9.43. The first kappa shape index (κ1) is 55.1. The lowest BCUT2D eigenvalue weighted by Gasteiger charge is -2.27. The summed E-state index contributed by atoms with van der Waals surface area (Å²) in [6, 6.07) is 19.1. The number of fused-ring (bicyclic) bond motifs is 2. The molecular formula is C53H66F3N10O7+. The molecule has 6 rings (SSSR count). The van der Waals surface area contributed by atoms with Crippen molar-refractivity contribution in [2.45, 2.75) is 115 Å². The van der Waals surface area contributed by atoms with Crippen LogP contribution in [0.25, 0.3) is 0 Å². The van der Waals surface area contributed by atoms with Crippen molar-refractivity contribution in [1.29, 1.82) is 0 Å². The van der Waals surface area contributed by atoms with Gasteiger partial charge in [0.2, 0.25) is 29.3 Å². The quantitative estimate of drug-likeness (QED) is 0.0248. The van der Waals surface area contributed by atoms with Gasteiger partial charge in [0.1, 0.15) is 19.1 Å². The van der Waals surface area contributed by atoms with Crippen LogP contribution in [0.2, 0.25) is 0 Å². The smallest absolute Gasteiger partial charge is 0.356 e. The lowest BCUT2D eigenvalue weighted by molar-refractivity contribution is -0.401. The number of alkyl halides is 3. The topological polar surface area (TPSA) is 226 Å². The van der Waals surface area contributed by atoms with Gasteiger partial charge in [0.05, 0.1) is 18.5 Å². The fraction of sp³-hybridized carbons (Fsp3) is 0.453. The molecule has 6 amide bonds. The van der Waals surface area contributed by atoms with E-state index < -0.39 is 66.5 Å². The van der Waals surface area contributed by atoms with Crippen LogP contribution >= 0.6 is 0 Å². The molecule has 3 aromatic carbocycles. The Morgan fingerprint density at radius 3 is 2.05 bits per heavy atom. The number of hydrogen-bond donors (Lipinski definition) is 7. The Morgan fingerprint density at radius 2 is 1.41 bits per heavy atom. The van der Waals surface area contributed by atoms with Crippen molar-refractivity contribution in [1.82, 2.24) is 32.1 Å². The molecule has 20 heteroatoms. The monoisotopic (exact) mass is 1010 g/mol. The summed E-state index contributed by atoms with van der Waals surface area (Å²) in [7, 11) is 2.10. The summed E-state index contributed by atoms with van der Waals surface area (Å²) in [4.78, 5) is 79.0. The second-order valence-corrected chi connectivity index (χ2v) is 19.8. The minimum absolute atomic E-state index is 0.0471. The predicted octanol–water partition coefficient (Wildman–Crippen LogP) is 6.25. The van der Waals surface area contributed by atoms with Gasteiger partial charge in [-0.1, -0.05) is 82.3 Å². The second-order valence-electron chi connectivity index (χ2n) is 19.8. The number of allylic oxidation sites excluding steroid dienone is 4. The molecule has 3 aromatic rings. The Bertz CT molecular complexity index is 2690. The van der Waals surface area contributed by atoms with Crippen molar-refractivity contribution in [3.63, 3.8) is 0 Å². The zero-order valence-electron chi connectivity index (χ0n) is 42.3. The molecular weight excluding hydrogens is 946 g/mol. The number of carbonyl (C=O) groups is 6. The molecule has 0 saturated carbocycles. The normalized spacial score (nSPS) is 17.2. The van der Waals surface area contributed by atoms with E-state index in [1.807, 2.05) is 6.07 Å². The molecule has 0 radical (unpaired) electrons. The number of benzene rings is 3. The van der Waals surface area contributed by atoms with Gasteiger partial charge >= 0.3 is 11.8 Å². The van der Waals surface area contributed by atoms with Gasteiger partial charge in [0.25, 0.3) is 11.8 Å². The SMILES string of the molecule is CC(C)[C@H](NC(=O)CNC(=O)CNC(=O)[C@H](CCCCNC(=O)CCCCN1/C(=C/C=C/C2=[N+](C)c3ccccc3C2(C)C)C(C)(C)c2ccccc21)NC(=O)c1ccc(C2(C(F)(F)F)N=N2)cc1)C(=O)NO. The van der Waals surface area contributed by atoms with Crippen LogP contribution < -0.4 is 37.0 Å². The summed E-state index contributed by atoms with van der Waals surface area (Å²) in [6.45, 7) is 12.1. The average molecular weight is 1010 g/mol. The van der Waals surface area contributed by atoms with Crippen LogP contribution in [0.1, 0.15) is 107 Å². The van der Waals surface area contributed by atoms with E-state index in [1.54, 1.807) is 13.8 Å². The van der Waals surface area contributed by atoms with E-state index >= 15 is 0 Å². The molecule has 3 aliphatic rings. The van der Waals surface area contributed by atoms with Crippen molar-refractivity contribution in [2.24, 2.45) is 16.1 Å². The Hall–Kier alpha value is -7.22. The standard InChI is InChI=1S/C53H65F3N10O7/c1-33(2)46(49(72)62-73)61-45(69)32-58-44(68)31-59-48(71)38(60-47(70)34-25-27-35(28-26-34)52(63-64-52)53(54,55)56)19-12-14-29-57-43(67)24-13-15-30-66-40-21-11-9-18-37(40)51(5,6)42(66)23-16-22-41-50(3,4)36-17-8-10-20-39(36)65(41)7/h8-11,16-18,20-23,25-28,33,38,46H,12-15,19,24,29-32H2,1-7H3,(H6-,57,58,59,60,61,62,63,64,67,68,69,70,71,72,73)/p+1/t38-,46-/m0/s1. The van der Waals surface area contributed by atoms with Gasteiger partial charge in [-0.3, -0.25) is 34.0 Å². The van der Waals surface area contributed by atoms with Crippen LogP contribution in [0, 0.1) is 5.92 Å². The van der Waals surface area contributed by atoms with E-state index in [2.05, 4.69) is 142 Å². The minimum Gasteiger partial charge on any atom is -0.356 e. The maximum absolute atomic E-state index is 13.6. The van der Waals surface area contributed by atoms with Crippen molar-refractivity contribution in [3.8, 4) is 0 Å². The van der Waals surface area contributed by atoms with Crippen molar-refractivity contribution < 1.29 is 51.7 Å². The molecule has 17 nitrogen and oxygen atoms in total. The molecule has 2 atom stereocenters. The molecule has 0 aromatic heterocycles. The molecule has 0 fully saturated rings. The molecule has 3 aliphatic heterocycles. The maximum Gasteiger partial charge on any atom is 0.442 e. The molecule has 0 spiro atoms. The Labute approximate surface area is 423 Å². The Balaban J connectivity index is 0.996. The van der Waals surface area contributed by atoms with E-state index in [0.717, 1.165) is 36.4 Å². The highest BCUT2D eigenvalue weighted by atomic mass is 19.4. The van der Waals surface area contributed by atoms with Crippen LogP contribution in [0.3, 0.4) is 0 Å². The highest BCUT2D eigenvalue weighted by Gasteiger charge is 2.65. The first-order valence-electron chi connectivity index (χ1n) is 24.5. The first-order valence-corrected chi connectivity index (χ1v) is 24.5. The van der Waals surface area contributed by atoms with Crippen LogP contribution in [0.15, 0.2) is 107 Å². The highest BCUT2D eigenvalue weighted by molar-refractivity contribution is 6.03. The average Bonchev–Trinajstić information content (AvgIpc) is 4.12. The third-order valence-electron chi connectivity index (χ3n) is 13.6. The first-order chi connectivity index (χ1) is 34.5. The second kappa shape index (κ2) is 23.1. The lowest BCUT2D eigenvalue weighted by Crippen LogP contribution is -2.52. The molecule has 73 heavy (non-hydrogen) atoms. The van der Waals surface area contributed by atoms with E-state index in [0.29, 0.717) is 32.2 Å². The van der Waals surface area contributed by atoms with Gasteiger partial charge < -0.3 is 31.5 Å². The fourth-order valence-corrected chi connectivity index (χ4v) is 9.43. The van der Waals surface area contributed by atoms with Gasteiger partial charge in [-0.05, 0) is 81.7 Å². The Kier molecular flexibility index (Phi) is 17.4. The zero-order valence-corrected chi connectivity index (χ0v) is 42.3. The van der Waals surface area contributed by atoms with Crippen LogP contribution in [-0.2, 0) is 40.5 Å². The number of unbranched alkanes of at least 4 members (excludes halogenated alkanes) is 2. The number of rotatable bonds is 23. The van der Waals surface area contributed by atoms with Gasteiger partial charge in [-0.25, -0.2) is 5.48 Å². The van der Waals surface area contributed by atoms with E-state index in [9.17, 15) is 41.9 Å². The third-order valence-corrected chi connectivity index (χ3v) is 13.6. The number of nitrogens with zero attached hydrogens (tertiary/aromatic N) is 4.